The van der Waals surface area contributed by atoms with Crippen molar-refractivity contribution in [2.24, 2.45) is 0 Å². The lowest BCUT2D eigenvalue weighted by atomic mass is 10.1. The first-order valence-electron chi connectivity index (χ1n) is 5.24. The first-order chi connectivity index (χ1) is 7.27. The topological polar surface area (TPSA) is 46.3 Å². The maximum atomic E-state index is 12.0. The summed E-state index contributed by atoms with van der Waals surface area (Å²) in [6.07, 6.45) is 4.23. The molecule has 1 fully saturated rings. The molecule has 0 aromatic heterocycles. The van der Waals surface area contributed by atoms with Gasteiger partial charge in [0.2, 0.25) is 0 Å². The van der Waals surface area contributed by atoms with Crippen LogP contribution in [-0.4, -0.2) is 23.9 Å². The van der Waals surface area contributed by atoms with Gasteiger partial charge >= 0.3 is 0 Å². The third kappa shape index (κ3) is 2.29. The van der Waals surface area contributed by atoms with Gasteiger partial charge in [-0.25, -0.2) is 0 Å². The molecule has 1 aromatic carbocycles. The van der Waals surface area contributed by atoms with Crippen LogP contribution in [0.4, 0.5) is 5.69 Å². The molecule has 2 N–H and O–H groups in total. The van der Waals surface area contributed by atoms with E-state index in [-0.39, 0.29) is 5.91 Å². The van der Waals surface area contributed by atoms with Crippen LogP contribution in [0.5, 0.6) is 0 Å². The van der Waals surface area contributed by atoms with E-state index in [1.165, 1.54) is 0 Å². The molecule has 0 aliphatic carbocycles. The Morgan fingerprint density at radius 1 is 1.13 bits per heavy atom. The molecule has 1 aliphatic rings. The number of benzene rings is 1. The summed E-state index contributed by atoms with van der Waals surface area (Å²) in [5.41, 5.74) is 7.00. The zero-order valence-electron chi connectivity index (χ0n) is 8.65. The Kier molecular flexibility index (Phi) is 2.90. The fraction of sp³-hybridized carbons (Fsp3) is 0.333. The fourth-order valence-corrected chi connectivity index (χ4v) is 1.76. The Morgan fingerprint density at radius 2 is 1.73 bits per heavy atom. The normalized spacial score (nSPS) is 16.4. The van der Waals surface area contributed by atoms with Crippen molar-refractivity contribution in [2.45, 2.75) is 12.8 Å². The Balaban J connectivity index is 2.09. The van der Waals surface area contributed by atoms with E-state index in [0.717, 1.165) is 31.5 Å². The third-order valence-corrected chi connectivity index (χ3v) is 2.65. The van der Waals surface area contributed by atoms with Crippen molar-refractivity contribution in [1.82, 2.24) is 4.90 Å². The average Bonchev–Trinajstić information content (AvgIpc) is 2.30. The van der Waals surface area contributed by atoms with Crippen LogP contribution in [-0.2, 0) is 0 Å². The SMILES string of the molecule is Nc1ccc(C(=O)N2CC[CH]CC2)cc1. The summed E-state index contributed by atoms with van der Waals surface area (Å²) >= 11 is 0. The van der Waals surface area contributed by atoms with E-state index in [2.05, 4.69) is 6.42 Å². The molecule has 1 heterocycles. The quantitative estimate of drug-likeness (QED) is 0.706. The van der Waals surface area contributed by atoms with E-state index in [4.69, 9.17) is 5.73 Å². The number of nitrogens with two attached hydrogens (primary N) is 1. The number of carbonyl (C=O) groups excluding carboxylic acids is 1. The first-order valence-corrected chi connectivity index (χ1v) is 5.24. The van der Waals surface area contributed by atoms with Gasteiger partial charge in [-0.3, -0.25) is 4.79 Å². The summed E-state index contributed by atoms with van der Waals surface area (Å²) < 4.78 is 0. The Bertz CT molecular complexity index is 339. The maximum absolute atomic E-state index is 12.0. The molecule has 0 unspecified atom stereocenters. The summed E-state index contributed by atoms with van der Waals surface area (Å²) in [5, 5.41) is 0. The van der Waals surface area contributed by atoms with Crippen LogP contribution >= 0.6 is 0 Å². The number of carbonyl (C=O) groups is 1. The van der Waals surface area contributed by atoms with Crippen LogP contribution in [0.15, 0.2) is 24.3 Å². The van der Waals surface area contributed by atoms with Crippen molar-refractivity contribution in [1.29, 1.82) is 0 Å². The summed E-state index contributed by atoms with van der Waals surface area (Å²) in [6, 6.07) is 7.11. The Hall–Kier alpha value is -1.51. The average molecular weight is 203 g/mol. The second-order valence-electron chi connectivity index (χ2n) is 3.78. The van der Waals surface area contributed by atoms with Crippen LogP contribution in [0.1, 0.15) is 23.2 Å². The van der Waals surface area contributed by atoms with Gasteiger partial charge in [-0.2, -0.15) is 0 Å². The molecule has 0 bridgehead atoms. The van der Waals surface area contributed by atoms with Crippen molar-refractivity contribution in [2.75, 3.05) is 18.8 Å². The van der Waals surface area contributed by atoms with E-state index in [1.54, 1.807) is 24.3 Å². The van der Waals surface area contributed by atoms with E-state index in [1.807, 2.05) is 4.90 Å². The number of piperidine rings is 1. The standard InChI is InChI=1S/C12H15N2O/c13-11-6-4-10(5-7-11)12(15)14-8-2-1-3-9-14/h1,4-7H,2-3,8-9,13H2. The lowest BCUT2D eigenvalue weighted by molar-refractivity contribution is 0.0742. The molecule has 0 atom stereocenters. The van der Waals surface area contributed by atoms with Gasteiger partial charge in [0.1, 0.15) is 0 Å². The van der Waals surface area contributed by atoms with Gasteiger partial charge in [-0.1, -0.05) is 0 Å². The van der Waals surface area contributed by atoms with E-state index in [9.17, 15) is 4.79 Å². The summed E-state index contributed by atoms with van der Waals surface area (Å²) in [5.74, 6) is 0.114. The van der Waals surface area contributed by atoms with Gasteiger partial charge in [0.25, 0.3) is 5.91 Å². The smallest absolute Gasteiger partial charge is 0.253 e. The Labute approximate surface area is 89.9 Å². The number of nitrogen functional groups attached to an aromatic ring is 1. The summed E-state index contributed by atoms with van der Waals surface area (Å²) in [7, 11) is 0. The molecule has 1 radical (unpaired) electrons. The zero-order chi connectivity index (χ0) is 10.7. The molecule has 1 saturated heterocycles. The third-order valence-electron chi connectivity index (χ3n) is 2.65. The zero-order valence-corrected chi connectivity index (χ0v) is 8.65. The molecule has 0 spiro atoms. The van der Waals surface area contributed by atoms with Gasteiger partial charge in [-0.15, -0.1) is 0 Å². The molecule has 1 aromatic rings. The predicted octanol–water partition coefficient (Wildman–Crippen LogP) is 1.71. The predicted molar refractivity (Wildman–Crippen MR) is 60.3 cm³/mol. The number of hydrogen-bond acceptors (Lipinski definition) is 2. The molecule has 79 valence electrons. The van der Waals surface area contributed by atoms with Gasteiger partial charge in [0.05, 0.1) is 0 Å². The number of likely N-dealkylation sites (tertiary alicyclic amines) is 1. The number of rotatable bonds is 1. The molecule has 1 aliphatic heterocycles. The molecule has 15 heavy (non-hydrogen) atoms. The lowest BCUT2D eigenvalue weighted by Crippen LogP contribution is -2.35. The number of hydrogen-bond donors (Lipinski definition) is 1. The minimum Gasteiger partial charge on any atom is -0.399 e. The van der Waals surface area contributed by atoms with Crippen molar-refractivity contribution in [3.8, 4) is 0 Å². The van der Waals surface area contributed by atoms with Crippen molar-refractivity contribution in [3.63, 3.8) is 0 Å². The molecular formula is C12H15N2O. The van der Waals surface area contributed by atoms with Crippen molar-refractivity contribution >= 4 is 11.6 Å². The minimum absolute atomic E-state index is 0.114. The number of anilines is 1. The number of nitrogens with zero attached hydrogens (tertiary/aromatic N) is 1. The first kappa shape index (κ1) is 10.0. The Morgan fingerprint density at radius 3 is 2.33 bits per heavy atom. The van der Waals surface area contributed by atoms with Crippen molar-refractivity contribution in [3.05, 3.63) is 36.2 Å². The summed E-state index contributed by atoms with van der Waals surface area (Å²) in [6.45, 7) is 1.67. The largest absolute Gasteiger partial charge is 0.399 e. The van der Waals surface area contributed by atoms with Gasteiger partial charge in [0.15, 0.2) is 0 Å². The highest BCUT2D eigenvalue weighted by atomic mass is 16.2. The highest BCUT2D eigenvalue weighted by Crippen LogP contribution is 2.13. The van der Waals surface area contributed by atoms with Gasteiger partial charge in [0, 0.05) is 24.3 Å². The molecule has 3 nitrogen and oxygen atoms in total. The monoisotopic (exact) mass is 203 g/mol. The van der Waals surface area contributed by atoms with Crippen molar-refractivity contribution < 1.29 is 4.79 Å². The van der Waals surface area contributed by atoms with Crippen LogP contribution in [0, 0.1) is 6.42 Å². The molecule has 2 rings (SSSR count). The highest BCUT2D eigenvalue weighted by molar-refractivity contribution is 5.94. The van der Waals surface area contributed by atoms with Crippen LogP contribution < -0.4 is 5.73 Å². The minimum atomic E-state index is 0.114. The van der Waals surface area contributed by atoms with Crippen LogP contribution in [0.25, 0.3) is 0 Å². The highest BCUT2D eigenvalue weighted by Gasteiger charge is 2.17. The number of amides is 1. The van der Waals surface area contributed by atoms with Crippen LogP contribution in [0.3, 0.4) is 0 Å². The molecule has 3 heteroatoms. The molecule has 0 saturated carbocycles. The van der Waals surface area contributed by atoms with Gasteiger partial charge < -0.3 is 10.6 Å². The fourth-order valence-electron chi connectivity index (χ4n) is 1.76. The molecular weight excluding hydrogens is 188 g/mol. The second kappa shape index (κ2) is 4.34. The van der Waals surface area contributed by atoms with Gasteiger partial charge in [-0.05, 0) is 43.5 Å². The van der Waals surface area contributed by atoms with E-state index < -0.39 is 0 Å². The molecule has 1 amide bonds. The summed E-state index contributed by atoms with van der Waals surface area (Å²) in [4.78, 5) is 13.9. The van der Waals surface area contributed by atoms with E-state index >= 15 is 0 Å². The maximum Gasteiger partial charge on any atom is 0.253 e. The lowest BCUT2D eigenvalue weighted by Gasteiger charge is -2.26. The second-order valence-corrected chi connectivity index (χ2v) is 3.78. The van der Waals surface area contributed by atoms with Crippen LogP contribution in [0.2, 0.25) is 0 Å². The van der Waals surface area contributed by atoms with E-state index in [0.29, 0.717) is 5.69 Å².